The predicted molar refractivity (Wildman–Crippen MR) is 182 cm³/mol. The molecule has 1 saturated carbocycles. The molecule has 12 heteroatoms. The van der Waals surface area contributed by atoms with E-state index in [9.17, 15) is 9.59 Å². The SMILES string of the molecule is CC(C)(C)OC(=O)/N=C1\N[C@](C)(c2cccc(C#C[Si](C)(C)C)c2Cl)CC(=O)N1[C@H]1CCC(F)(F)[C@@H](O[Si](C)(C)C(C)(C)C)C1. The molecule has 0 radical (unpaired) electrons. The van der Waals surface area contributed by atoms with E-state index in [2.05, 4.69) is 41.4 Å². The zero-order valence-corrected chi connectivity index (χ0v) is 31.6. The highest BCUT2D eigenvalue weighted by molar-refractivity contribution is 6.83. The van der Waals surface area contributed by atoms with Crippen molar-refractivity contribution in [2.75, 3.05) is 0 Å². The van der Waals surface area contributed by atoms with Crippen LogP contribution in [-0.2, 0) is 19.5 Å². The molecule has 1 aliphatic heterocycles. The molecule has 2 aliphatic rings. The van der Waals surface area contributed by atoms with Crippen molar-refractivity contribution in [2.24, 2.45) is 4.99 Å². The van der Waals surface area contributed by atoms with Gasteiger partial charge >= 0.3 is 6.09 Å². The Bertz CT molecular complexity index is 1400. The molecule has 45 heavy (non-hydrogen) atoms. The van der Waals surface area contributed by atoms with Gasteiger partial charge < -0.3 is 14.5 Å². The standard InChI is InChI=1S/C33H50ClF2N3O4Si2/c1-30(2,3)42-29(41)37-28-38-32(7,24-15-13-14-22(27(24)34)17-19-44(8,9)10)21-26(40)39(28)23-16-18-33(35,36)25(20-23)43-45(11,12)31(4,5)6/h13-15,23,25H,16,18,20-21H2,1-12H3,(H,37,38,41)/t23-,25-,32-/m0/s1. The van der Waals surface area contributed by atoms with Crippen LogP contribution in [0.4, 0.5) is 13.6 Å². The van der Waals surface area contributed by atoms with Gasteiger partial charge in [0.2, 0.25) is 11.9 Å². The van der Waals surface area contributed by atoms with E-state index in [-0.39, 0.29) is 36.2 Å². The number of hydrogen-bond donors (Lipinski definition) is 1. The van der Waals surface area contributed by atoms with Gasteiger partial charge in [-0.15, -0.1) is 10.5 Å². The third-order valence-electron chi connectivity index (χ3n) is 8.52. The first-order valence-corrected chi connectivity index (χ1v) is 22.3. The maximum atomic E-state index is 15.3. The van der Waals surface area contributed by atoms with Gasteiger partial charge in [0.25, 0.3) is 5.92 Å². The van der Waals surface area contributed by atoms with Crippen LogP contribution in [0.2, 0.25) is 42.8 Å². The van der Waals surface area contributed by atoms with Crippen molar-refractivity contribution in [3.63, 3.8) is 0 Å². The summed E-state index contributed by atoms with van der Waals surface area (Å²) < 4.78 is 42.4. The summed E-state index contributed by atoms with van der Waals surface area (Å²) in [6.45, 7) is 23.2. The van der Waals surface area contributed by atoms with Gasteiger partial charge in [-0.3, -0.25) is 9.69 Å². The number of hydrogen-bond acceptors (Lipinski definition) is 4. The number of aliphatic imine (C=N–C) groups is 1. The van der Waals surface area contributed by atoms with Gasteiger partial charge in [0.15, 0.2) is 8.32 Å². The molecular weight excluding hydrogens is 632 g/mol. The van der Waals surface area contributed by atoms with Crippen LogP contribution in [0.3, 0.4) is 0 Å². The average Bonchev–Trinajstić information content (AvgIpc) is 2.82. The normalized spacial score (nSPS) is 25.4. The van der Waals surface area contributed by atoms with Gasteiger partial charge in [0, 0.05) is 18.0 Å². The summed E-state index contributed by atoms with van der Waals surface area (Å²) in [5.41, 5.74) is 2.67. The Hall–Kier alpha value is -2.27. The summed E-state index contributed by atoms with van der Waals surface area (Å²) in [7, 11) is -4.27. The van der Waals surface area contributed by atoms with Crippen LogP contribution in [0.1, 0.15) is 85.3 Å². The number of guanidine groups is 1. The molecule has 3 atom stereocenters. The second-order valence-corrected chi connectivity index (χ2v) is 25.9. The lowest BCUT2D eigenvalue weighted by Crippen LogP contribution is -2.64. The predicted octanol–water partition coefficient (Wildman–Crippen LogP) is 8.48. The van der Waals surface area contributed by atoms with Gasteiger partial charge in [-0.05, 0) is 70.3 Å². The first-order chi connectivity index (χ1) is 20.2. The third-order valence-corrected chi connectivity index (χ3v) is 14.3. The molecule has 250 valence electrons. The minimum absolute atomic E-state index is 0.0182. The molecule has 1 saturated heterocycles. The summed E-state index contributed by atoms with van der Waals surface area (Å²) in [5, 5.41) is 3.42. The van der Waals surface area contributed by atoms with E-state index in [1.807, 2.05) is 59.0 Å². The lowest BCUT2D eigenvalue weighted by molar-refractivity contribution is -0.148. The van der Waals surface area contributed by atoms with Crippen molar-refractivity contribution in [3.8, 4) is 11.5 Å². The molecule has 2 amide bonds. The minimum atomic E-state index is -3.06. The molecule has 1 aromatic rings. The number of nitrogens with one attached hydrogen (secondary N) is 1. The van der Waals surface area contributed by atoms with Gasteiger partial charge in [0.1, 0.15) is 19.8 Å². The number of rotatable bonds is 4. The quantitative estimate of drug-likeness (QED) is 0.255. The van der Waals surface area contributed by atoms with E-state index in [1.54, 1.807) is 20.8 Å². The lowest BCUT2D eigenvalue weighted by Gasteiger charge is -2.49. The van der Waals surface area contributed by atoms with Crippen LogP contribution < -0.4 is 5.32 Å². The van der Waals surface area contributed by atoms with E-state index in [1.165, 1.54) is 4.90 Å². The zero-order chi connectivity index (χ0) is 34.4. The number of ether oxygens (including phenoxy) is 1. The van der Waals surface area contributed by atoms with Gasteiger partial charge in [0.05, 0.1) is 17.0 Å². The summed E-state index contributed by atoms with van der Waals surface area (Å²) in [4.78, 5) is 32.7. The molecule has 1 N–H and O–H groups in total. The first kappa shape index (κ1) is 37.2. The van der Waals surface area contributed by atoms with E-state index in [0.29, 0.717) is 16.1 Å². The van der Waals surface area contributed by atoms with Crippen LogP contribution >= 0.6 is 11.6 Å². The molecule has 1 aliphatic carbocycles. The fourth-order valence-electron chi connectivity index (χ4n) is 5.12. The summed E-state index contributed by atoms with van der Waals surface area (Å²) in [6.07, 6.45) is -2.86. The van der Waals surface area contributed by atoms with Gasteiger partial charge in [-0.1, -0.05) is 70.1 Å². The monoisotopic (exact) mass is 681 g/mol. The molecule has 7 nitrogen and oxygen atoms in total. The maximum Gasteiger partial charge on any atom is 0.437 e. The van der Waals surface area contributed by atoms with E-state index >= 15 is 8.78 Å². The number of halogens is 3. The molecule has 0 aromatic heterocycles. The topological polar surface area (TPSA) is 80.2 Å². The highest BCUT2D eigenvalue weighted by Gasteiger charge is 2.53. The van der Waals surface area contributed by atoms with E-state index in [4.69, 9.17) is 20.8 Å². The fourth-order valence-corrected chi connectivity index (χ4v) is 7.34. The summed E-state index contributed by atoms with van der Waals surface area (Å²) in [5.74, 6) is -0.275. The highest BCUT2D eigenvalue weighted by Crippen LogP contribution is 2.45. The minimum Gasteiger partial charge on any atom is -0.442 e. The average molecular weight is 682 g/mol. The van der Waals surface area contributed by atoms with Crippen molar-refractivity contribution in [1.82, 2.24) is 10.2 Å². The van der Waals surface area contributed by atoms with Gasteiger partial charge in [-0.25, -0.2) is 13.6 Å². The Labute approximate surface area is 275 Å². The molecule has 0 spiro atoms. The van der Waals surface area contributed by atoms with Crippen LogP contribution in [0.25, 0.3) is 0 Å². The van der Waals surface area contributed by atoms with Crippen LogP contribution in [-0.4, -0.2) is 62.9 Å². The number of amides is 2. The Kier molecular flexibility index (Phi) is 10.5. The number of carbonyl (C=O) groups excluding carboxylic acids is 2. The van der Waals surface area contributed by atoms with Crippen molar-refractivity contribution in [1.29, 1.82) is 0 Å². The van der Waals surface area contributed by atoms with Crippen molar-refractivity contribution < 1.29 is 27.5 Å². The smallest absolute Gasteiger partial charge is 0.437 e. The Morgan fingerprint density at radius 2 is 1.76 bits per heavy atom. The van der Waals surface area contributed by atoms with Crippen LogP contribution in [0.15, 0.2) is 23.2 Å². The molecule has 0 bridgehead atoms. The second kappa shape index (κ2) is 12.7. The van der Waals surface area contributed by atoms with Crippen LogP contribution in [0, 0.1) is 11.5 Å². The Balaban J connectivity index is 2.06. The maximum absolute atomic E-state index is 15.3. The molecule has 3 rings (SSSR count). The van der Waals surface area contributed by atoms with Crippen LogP contribution in [0.5, 0.6) is 0 Å². The fraction of sp³-hybridized carbons (Fsp3) is 0.667. The first-order valence-electron chi connectivity index (χ1n) is 15.5. The Morgan fingerprint density at radius 3 is 2.31 bits per heavy atom. The molecule has 0 unspecified atom stereocenters. The number of benzene rings is 1. The highest BCUT2D eigenvalue weighted by atomic mass is 35.5. The van der Waals surface area contributed by atoms with Crippen molar-refractivity contribution in [3.05, 3.63) is 34.3 Å². The number of nitrogens with zero attached hydrogens (tertiary/aromatic N) is 2. The lowest BCUT2D eigenvalue weighted by atomic mass is 9.83. The van der Waals surface area contributed by atoms with E-state index < -0.39 is 58.1 Å². The summed E-state index contributed by atoms with van der Waals surface area (Å²) >= 11 is 6.90. The molecule has 2 fully saturated rings. The van der Waals surface area contributed by atoms with Crippen molar-refractivity contribution >= 4 is 46.0 Å². The van der Waals surface area contributed by atoms with Crippen molar-refractivity contribution in [2.45, 2.75) is 141 Å². The largest absolute Gasteiger partial charge is 0.442 e. The number of carbonyl (C=O) groups is 2. The zero-order valence-electron chi connectivity index (χ0n) is 28.9. The summed E-state index contributed by atoms with van der Waals surface area (Å²) in [6, 6.07) is 4.80. The Morgan fingerprint density at radius 1 is 1.13 bits per heavy atom. The third kappa shape index (κ3) is 9.18. The second-order valence-electron chi connectivity index (χ2n) is 16.0. The van der Waals surface area contributed by atoms with Gasteiger partial charge in [-0.2, -0.15) is 0 Å². The number of alkyl halides is 2. The molecular formula is C33H50ClF2N3O4Si2. The molecule has 1 heterocycles. The van der Waals surface area contributed by atoms with E-state index in [0.717, 1.165) is 0 Å². The molecule has 1 aromatic carbocycles.